The van der Waals surface area contributed by atoms with Gasteiger partial charge in [0.05, 0.1) is 0 Å². The third-order valence-electron chi connectivity index (χ3n) is 5.59. The molecule has 4 aromatic carbocycles. The number of hydrogen-bond donors (Lipinski definition) is 2. The molecule has 0 aliphatic heterocycles. The van der Waals surface area contributed by atoms with Gasteiger partial charge in [-0.15, -0.1) is 0 Å². The van der Waals surface area contributed by atoms with Crippen molar-refractivity contribution in [2.24, 2.45) is 0 Å². The molecule has 172 valence electrons. The monoisotopic (exact) mass is 454 g/mol. The second kappa shape index (κ2) is 10.7. The fourth-order valence-corrected chi connectivity index (χ4v) is 3.97. The van der Waals surface area contributed by atoms with Crippen molar-refractivity contribution in [2.45, 2.75) is 12.2 Å². The molecule has 0 unspecified atom stereocenters. The van der Waals surface area contributed by atoms with Crippen molar-refractivity contribution in [3.05, 3.63) is 108 Å². The molecule has 2 atom stereocenters. The lowest BCUT2D eigenvalue weighted by molar-refractivity contribution is -0.126. The number of rotatable bonds is 8. The molecule has 6 heteroatoms. The summed E-state index contributed by atoms with van der Waals surface area (Å²) >= 11 is 0. The van der Waals surface area contributed by atoms with Crippen LogP contribution < -0.4 is 10.6 Å². The minimum absolute atomic E-state index is 0.279. The zero-order valence-corrected chi connectivity index (χ0v) is 19.0. The number of fused-ring (bicyclic) bond motifs is 1. The van der Waals surface area contributed by atoms with E-state index in [0.29, 0.717) is 11.4 Å². The Morgan fingerprint density at radius 3 is 1.29 bits per heavy atom. The zero-order valence-electron chi connectivity index (χ0n) is 19.0. The Morgan fingerprint density at radius 2 is 0.941 bits per heavy atom. The number of benzene rings is 4. The molecule has 0 radical (unpaired) electrons. The summed E-state index contributed by atoms with van der Waals surface area (Å²) in [6.45, 7) is 0. The molecular formula is C28H26N2O4. The Kier molecular flexibility index (Phi) is 7.32. The van der Waals surface area contributed by atoms with Gasteiger partial charge in [0.25, 0.3) is 11.8 Å². The Bertz CT molecular complexity index is 1170. The van der Waals surface area contributed by atoms with E-state index < -0.39 is 12.2 Å². The molecule has 2 N–H and O–H groups in total. The van der Waals surface area contributed by atoms with E-state index in [1.807, 2.05) is 97.1 Å². The molecule has 6 nitrogen and oxygen atoms in total. The van der Waals surface area contributed by atoms with E-state index in [9.17, 15) is 9.59 Å². The van der Waals surface area contributed by atoms with Crippen LogP contribution in [0.2, 0.25) is 0 Å². The number of carbonyl (C=O) groups excluding carboxylic acids is 2. The van der Waals surface area contributed by atoms with Crippen molar-refractivity contribution in [3.63, 3.8) is 0 Å². The van der Waals surface area contributed by atoms with Crippen molar-refractivity contribution in [2.75, 3.05) is 24.9 Å². The van der Waals surface area contributed by atoms with E-state index in [0.717, 1.165) is 21.9 Å². The molecule has 34 heavy (non-hydrogen) atoms. The number of hydrogen-bond acceptors (Lipinski definition) is 4. The van der Waals surface area contributed by atoms with Gasteiger partial charge in [-0.05, 0) is 23.3 Å². The van der Waals surface area contributed by atoms with Crippen LogP contribution in [0, 0.1) is 0 Å². The SMILES string of the molecule is CO[C@@H](C(=O)Nc1cccc2c(NC(=O)[C@H](OC)c3ccccc3)cccc12)c1ccccc1. The fraction of sp³-hybridized carbons (Fsp3) is 0.143. The summed E-state index contributed by atoms with van der Waals surface area (Å²) in [5.41, 5.74) is 2.79. The van der Waals surface area contributed by atoms with Crippen molar-refractivity contribution >= 4 is 34.0 Å². The van der Waals surface area contributed by atoms with Gasteiger partial charge in [-0.1, -0.05) is 84.9 Å². The van der Waals surface area contributed by atoms with Gasteiger partial charge in [-0.3, -0.25) is 9.59 Å². The molecule has 0 heterocycles. The highest BCUT2D eigenvalue weighted by Crippen LogP contribution is 2.31. The summed E-state index contributed by atoms with van der Waals surface area (Å²) < 4.78 is 10.9. The van der Waals surface area contributed by atoms with Crippen LogP contribution >= 0.6 is 0 Å². The molecule has 4 aromatic rings. The standard InChI is InChI=1S/C28H26N2O4/c1-33-25(19-11-5-3-6-12-19)27(31)29-23-17-9-16-22-21(23)15-10-18-24(22)30-28(32)26(34-2)20-13-7-4-8-14-20/h3-18,25-26H,1-2H3,(H,29,31)(H,30,32)/t25-,26-/m1/s1. The second-order valence-corrected chi connectivity index (χ2v) is 7.74. The van der Waals surface area contributed by atoms with E-state index in [1.165, 1.54) is 14.2 Å². The van der Waals surface area contributed by atoms with Crippen LogP contribution in [0.1, 0.15) is 23.3 Å². The molecule has 4 rings (SSSR count). The Labute approximate surface area is 198 Å². The van der Waals surface area contributed by atoms with Crippen molar-refractivity contribution in [3.8, 4) is 0 Å². The average Bonchev–Trinajstić information content (AvgIpc) is 2.87. The van der Waals surface area contributed by atoms with Crippen LogP contribution in [-0.4, -0.2) is 26.0 Å². The van der Waals surface area contributed by atoms with Crippen LogP contribution in [0.25, 0.3) is 10.8 Å². The van der Waals surface area contributed by atoms with Crippen LogP contribution in [0.3, 0.4) is 0 Å². The molecular weight excluding hydrogens is 428 g/mol. The lowest BCUT2D eigenvalue weighted by Gasteiger charge is -2.18. The maximum absolute atomic E-state index is 13.0. The van der Waals surface area contributed by atoms with E-state index >= 15 is 0 Å². The minimum Gasteiger partial charge on any atom is -0.367 e. The highest BCUT2D eigenvalue weighted by Gasteiger charge is 2.22. The molecule has 0 fully saturated rings. The Hall–Kier alpha value is -4.00. The third kappa shape index (κ3) is 4.98. The lowest BCUT2D eigenvalue weighted by Crippen LogP contribution is -2.23. The van der Waals surface area contributed by atoms with Crippen molar-refractivity contribution < 1.29 is 19.1 Å². The number of amides is 2. The van der Waals surface area contributed by atoms with E-state index in [1.54, 1.807) is 0 Å². The number of methoxy groups -OCH3 is 2. The van der Waals surface area contributed by atoms with Crippen molar-refractivity contribution in [1.29, 1.82) is 0 Å². The summed E-state index contributed by atoms with van der Waals surface area (Å²) in [4.78, 5) is 26.0. The Morgan fingerprint density at radius 1 is 0.559 bits per heavy atom. The van der Waals surface area contributed by atoms with Crippen molar-refractivity contribution in [1.82, 2.24) is 0 Å². The van der Waals surface area contributed by atoms with Crippen LogP contribution in [0.4, 0.5) is 11.4 Å². The summed E-state index contributed by atoms with van der Waals surface area (Å²) in [6, 6.07) is 29.8. The number of anilines is 2. The molecule has 0 saturated carbocycles. The van der Waals surface area contributed by atoms with Crippen LogP contribution in [-0.2, 0) is 19.1 Å². The predicted molar refractivity (Wildman–Crippen MR) is 134 cm³/mol. The molecule has 0 aromatic heterocycles. The summed E-state index contributed by atoms with van der Waals surface area (Å²) in [6.07, 6.45) is -1.49. The smallest absolute Gasteiger partial charge is 0.258 e. The Balaban J connectivity index is 1.60. The van der Waals surface area contributed by atoms with E-state index in [-0.39, 0.29) is 11.8 Å². The molecule has 0 aliphatic rings. The summed E-state index contributed by atoms with van der Waals surface area (Å²) in [5, 5.41) is 7.54. The van der Waals surface area contributed by atoms with E-state index in [2.05, 4.69) is 10.6 Å². The normalized spacial score (nSPS) is 12.6. The number of nitrogens with one attached hydrogen (secondary N) is 2. The first-order valence-corrected chi connectivity index (χ1v) is 10.9. The minimum atomic E-state index is -0.743. The maximum atomic E-state index is 13.0. The highest BCUT2D eigenvalue weighted by atomic mass is 16.5. The first-order chi connectivity index (χ1) is 16.6. The van der Waals surface area contributed by atoms with Gasteiger partial charge in [0.2, 0.25) is 0 Å². The quantitative estimate of drug-likeness (QED) is 0.369. The predicted octanol–water partition coefficient (Wildman–Crippen LogP) is 5.49. The van der Waals surface area contributed by atoms with Gasteiger partial charge in [-0.2, -0.15) is 0 Å². The largest absolute Gasteiger partial charge is 0.367 e. The fourth-order valence-electron chi connectivity index (χ4n) is 3.97. The third-order valence-corrected chi connectivity index (χ3v) is 5.59. The molecule has 0 spiro atoms. The van der Waals surface area contributed by atoms with Crippen LogP contribution in [0.5, 0.6) is 0 Å². The summed E-state index contributed by atoms with van der Waals surface area (Å²) in [5.74, 6) is -0.557. The maximum Gasteiger partial charge on any atom is 0.258 e. The number of carbonyl (C=O) groups is 2. The molecule has 0 aliphatic carbocycles. The topological polar surface area (TPSA) is 76.7 Å². The number of ether oxygens (including phenoxy) is 2. The molecule has 2 amide bonds. The first kappa shape index (κ1) is 23.2. The van der Waals surface area contributed by atoms with Gasteiger partial charge in [0.1, 0.15) is 0 Å². The highest BCUT2D eigenvalue weighted by molar-refractivity contribution is 6.10. The zero-order chi connectivity index (χ0) is 23.9. The van der Waals surface area contributed by atoms with Gasteiger partial charge >= 0.3 is 0 Å². The van der Waals surface area contributed by atoms with Gasteiger partial charge in [0.15, 0.2) is 12.2 Å². The molecule has 0 bridgehead atoms. The van der Waals surface area contributed by atoms with Crippen LogP contribution in [0.15, 0.2) is 97.1 Å². The van der Waals surface area contributed by atoms with Gasteiger partial charge < -0.3 is 20.1 Å². The van der Waals surface area contributed by atoms with Gasteiger partial charge in [-0.25, -0.2) is 0 Å². The average molecular weight is 455 g/mol. The first-order valence-electron chi connectivity index (χ1n) is 10.9. The second-order valence-electron chi connectivity index (χ2n) is 7.74. The summed E-state index contributed by atoms with van der Waals surface area (Å²) in [7, 11) is 3.01. The van der Waals surface area contributed by atoms with Gasteiger partial charge in [0, 0.05) is 36.4 Å². The van der Waals surface area contributed by atoms with E-state index in [4.69, 9.17) is 9.47 Å². The molecule has 0 saturated heterocycles. The lowest BCUT2D eigenvalue weighted by atomic mass is 10.0.